The lowest BCUT2D eigenvalue weighted by Gasteiger charge is -2.35. The second-order valence-corrected chi connectivity index (χ2v) is 19.4. The normalized spacial score (nSPS) is 39.5. The number of halogens is 2. The second kappa shape index (κ2) is 13.7. The summed E-state index contributed by atoms with van der Waals surface area (Å²) in [6.45, 7) is 20.1. The first-order valence-corrected chi connectivity index (χ1v) is 18.6. The summed E-state index contributed by atoms with van der Waals surface area (Å²) in [5, 5.41) is 7.32. The standard InChI is InChI=1S/C12H22O2Si.2C9H13FO2.C2H3N/c1-12(2)13-9-7-6-8-10(11(9)14-12)15(3,4)5;2*1-9(2)11-7-4-3-6(10)5-8(7)12-9;1-2-3/h6,8-11H,7H2,1-5H3;2*3-4,6-8H,5H2,1-2H3;1H3/t9-,10-,11-;6-,7+,8-;6-,7-,8+;/m001./s1. The van der Waals surface area contributed by atoms with Crippen LogP contribution in [-0.2, 0) is 28.4 Å². The van der Waals surface area contributed by atoms with E-state index in [-0.39, 0.29) is 42.4 Å². The fourth-order valence-electron chi connectivity index (χ4n) is 6.08. The van der Waals surface area contributed by atoms with Crippen molar-refractivity contribution in [3.63, 3.8) is 0 Å². The molecule has 0 bridgehead atoms. The molecule has 3 heterocycles. The van der Waals surface area contributed by atoms with Crippen LogP contribution in [0.2, 0.25) is 25.2 Å². The van der Waals surface area contributed by atoms with E-state index in [1.807, 2.05) is 41.5 Å². The van der Waals surface area contributed by atoms with Gasteiger partial charge in [-0.05, 0) is 48.0 Å². The topological polar surface area (TPSA) is 79.2 Å². The molecule has 0 radical (unpaired) electrons. The lowest BCUT2D eigenvalue weighted by Crippen LogP contribution is -2.41. The molecule has 6 aliphatic rings. The summed E-state index contributed by atoms with van der Waals surface area (Å²) in [6, 6.07) is 1.75. The zero-order chi connectivity index (χ0) is 31.5. The molecule has 238 valence electrons. The largest absolute Gasteiger partial charge is 0.344 e. The van der Waals surface area contributed by atoms with Crippen molar-refractivity contribution in [3.05, 3.63) is 36.5 Å². The van der Waals surface area contributed by atoms with Crippen molar-refractivity contribution in [2.24, 2.45) is 0 Å². The first-order valence-electron chi connectivity index (χ1n) is 15.0. The van der Waals surface area contributed by atoms with Crippen LogP contribution in [0.15, 0.2) is 36.5 Å². The molecule has 6 rings (SSSR count). The van der Waals surface area contributed by atoms with Crippen LogP contribution in [0, 0.1) is 11.3 Å². The van der Waals surface area contributed by atoms with Crippen LogP contribution < -0.4 is 0 Å². The van der Waals surface area contributed by atoms with Crippen LogP contribution >= 0.6 is 0 Å². The van der Waals surface area contributed by atoms with Gasteiger partial charge in [0.25, 0.3) is 0 Å². The molecule has 7 nitrogen and oxygen atoms in total. The first kappa shape index (κ1) is 35.0. The van der Waals surface area contributed by atoms with Crippen molar-refractivity contribution in [3.8, 4) is 6.07 Å². The maximum Gasteiger partial charge on any atom is 0.164 e. The maximum atomic E-state index is 12.9. The van der Waals surface area contributed by atoms with E-state index in [1.165, 1.54) is 6.92 Å². The maximum absolute atomic E-state index is 12.9. The molecule has 3 fully saturated rings. The fourth-order valence-corrected chi connectivity index (χ4v) is 8.06. The van der Waals surface area contributed by atoms with Gasteiger partial charge >= 0.3 is 0 Å². The molecule has 0 spiro atoms. The second-order valence-electron chi connectivity index (χ2n) is 14.0. The Kier molecular flexibility index (Phi) is 11.4. The van der Waals surface area contributed by atoms with Gasteiger partial charge in [-0.15, -0.1) is 0 Å². The SMILES string of the molecule is CC#N.CC1(C)O[C@H]2C[C@@H](F)C=C[C@H]2O1.CC1(C)O[C@H]2C[C@H](F)C=C[C@H]2O1.CC1(C)O[C@H]2[C@H](CC=C[C@@H]2[Si](C)(C)C)O1. The molecule has 3 aliphatic heterocycles. The molecule has 0 aromatic rings. The highest BCUT2D eigenvalue weighted by atomic mass is 28.3. The van der Waals surface area contributed by atoms with Gasteiger partial charge in [0, 0.05) is 25.3 Å². The molecule has 0 aromatic heterocycles. The predicted octanol–water partition coefficient (Wildman–Crippen LogP) is 7.31. The minimum atomic E-state index is -1.20. The third-order valence-corrected chi connectivity index (χ3v) is 10.2. The average molecular weight is 612 g/mol. The monoisotopic (exact) mass is 611 g/mol. The lowest BCUT2D eigenvalue weighted by atomic mass is 10.0. The Labute approximate surface area is 252 Å². The zero-order valence-electron chi connectivity index (χ0n) is 26.9. The number of allylic oxidation sites excluding steroid dienone is 2. The van der Waals surface area contributed by atoms with E-state index < -0.39 is 32.0 Å². The van der Waals surface area contributed by atoms with Crippen LogP contribution in [0.5, 0.6) is 0 Å². The Morgan fingerprint density at radius 3 is 1.50 bits per heavy atom. The quantitative estimate of drug-likeness (QED) is 0.227. The first-order chi connectivity index (χ1) is 19.3. The Hall–Kier alpha value is -1.45. The summed E-state index contributed by atoms with van der Waals surface area (Å²) in [4.78, 5) is 0. The molecule has 0 saturated carbocycles. The van der Waals surface area contributed by atoms with Gasteiger partial charge in [0.05, 0.1) is 38.6 Å². The van der Waals surface area contributed by atoms with E-state index in [0.717, 1.165) is 6.42 Å². The van der Waals surface area contributed by atoms with E-state index in [4.69, 9.17) is 33.7 Å². The van der Waals surface area contributed by atoms with Gasteiger partial charge in [0.1, 0.15) is 24.6 Å². The van der Waals surface area contributed by atoms with Crippen LogP contribution in [-0.4, -0.2) is 74.4 Å². The number of hydrogen-bond donors (Lipinski definition) is 0. The molecule has 0 amide bonds. The zero-order valence-corrected chi connectivity index (χ0v) is 27.9. The number of alkyl halides is 2. The number of hydrogen-bond acceptors (Lipinski definition) is 7. The van der Waals surface area contributed by atoms with Gasteiger partial charge in [-0.25, -0.2) is 8.78 Å². The third-order valence-electron chi connectivity index (χ3n) is 7.66. The summed E-state index contributed by atoms with van der Waals surface area (Å²) in [7, 11) is -1.20. The molecule has 42 heavy (non-hydrogen) atoms. The van der Waals surface area contributed by atoms with Gasteiger partial charge in [-0.3, -0.25) is 0 Å². The molecule has 0 N–H and O–H groups in total. The Morgan fingerprint density at radius 1 is 0.667 bits per heavy atom. The minimum absolute atomic E-state index is 0.0491. The van der Waals surface area contributed by atoms with Crippen LogP contribution in [0.4, 0.5) is 8.78 Å². The Morgan fingerprint density at radius 2 is 1.07 bits per heavy atom. The lowest BCUT2D eigenvalue weighted by molar-refractivity contribution is -0.145. The number of rotatable bonds is 1. The fraction of sp³-hybridized carbons (Fsp3) is 0.781. The molecular weight excluding hydrogens is 560 g/mol. The Balaban J connectivity index is 0.000000166. The van der Waals surface area contributed by atoms with Crippen molar-refractivity contribution >= 4 is 8.07 Å². The van der Waals surface area contributed by atoms with E-state index in [1.54, 1.807) is 30.4 Å². The summed E-state index contributed by atoms with van der Waals surface area (Å²) in [5.74, 6) is -1.49. The van der Waals surface area contributed by atoms with E-state index in [2.05, 4.69) is 31.8 Å². The molecule has 3 aliphatic carbocycles. The molecular formula is C32H51F2NO6Si. The van der Waals surface area contributed by atoms with Crippen molar-refractivity contribution in [1.29, 1.82) is 5.26 Å². The van der Waals surface area contributed by atoms with Crippen LogP contribution in [0.1, 0.15) is 67.7 Å². The highest BCUT2D eigenvalue weighted by Gasteiger charge is 2.49. The van der Waals surface area contributed by atoms with Crippen molar-refractivity contribution in [1.82, 2.24) is 0 Å². The van der Waals surface area contributed by atoms with E-state index in [9.17, 15) is 8.78 Å². The highest BCUT2D eigenvalue weighted by molar-refractivity contribution is 6.78. The van der Waals surface area contributed by atoms with Gasteiger partial charge in [-0.2, -0.15) is 5.26 Å². The number of ether oxygens (including phenoxy) is 6. The molecule has 3 saturated heterocycles. The van der Waals surface area contributed by atoms with Gasteiger partial charge in [0.15, 0.2) is 17.4 Å². The minimum Gasteiger partial charge on any atom is -0.344 e. The smallest absolute Gasteiger partial charge is 0.164 e. The number of nitriles is 1. The van der Waals surface area contributed by atoms with Gasteiger partial charge < -0.3 is 28.4 Å². The molecule has 10 heteroatoms. The third kappa shape index (κ3) is 9.78. The van der Waals surface area contributed by atoms with Crippen molar-refractivity contribution in [2.75, 3.05) is 0 Å². The summed E-state index contributed by atoms with van der Waals surface area (Å²) >= 11 is 0. The van der Waals surface area contributed by atoms with Crippen LogP contribution in [0.3, 0.4) is 0 Å². The van der Waals surface area contributed by atoms with E-state index >= 15 is 0 Å². The van der Waals surface area contributed by atoms with Crippen molar-refractivity contribution < 1.29 is 37.2 Å². The number of fused-ring (bicyclic) bond motifs is 3. The average Bonchev–Trinajstić information content (AvgIpc) is 3.44. The molecule has 0 aromatic carbocycles. The molecule has 9 atom stereocenters. The van der Waals surface area contributed by atoms with E-state index in [0.29, 0.717) is 18.4 Å². The van der Waals surface area contributed by atoms with Gasteiger partial charge in [-0.1, -0.05) is 56.1 Å². The summed E-state index contributed by atoms with van der Waals surface area (Å²) in [5.41, 5.74) is 0.595. The summed E-state index contributed by atoms with van der Waals surface area (Å²) < 4.78 is 59.8. The predicted molar refractivity (Wildman–Crippen MR) is 161 cm³/mol. The summed E-state index contributed by atoms with van der Waals surface area (Å²) in [6.07, 6.45) is 11.6. The number of nitrogens with zero attached hydrogens (tertiary/aromatic N) is 1. The Bertz CT molecular complexity index is 987. The molecule has 0 unspecified atom stereocenters. The van der Waals surface area contributed by atoms with Crippen molar-refractivity contribution in [2.45, 2.75) is 159 Å². The van der Waals surface area contributed by atoms with Gasteiger partial charge in [0.2, 0.25) is 0 Å². The van der Waals surface area contributed by atoms with Crippen LogP contribution in [0.25, 0.3) is 0 Å². The highest BCUT2D eigenvalue weighted by Crippen LogP contribution is 2.43.